The molecule has 1 aliphatic rings. The summed E-state index contributed by atoms with van der Waals surface area (Å²) in [5, 5.41) is 1.19. The van der Waals surface area contributed by atoms with Gasteiger partial charge in [0.05, 0.1) is 11.6 Å². The van der Waals surface area contributed by atoms with Crippen LogP contribution in [-0.4, -0.2) is 4.98 Å². The number of nitrogens with two attached hydrogens (primary N) is 1. The van der Waals surface area contributed by atoms with Gasteiger partial charge in [-0.3, -0.25) is 10.8 Å². The van der Waals surface area contributed by atoms with E-state index in [-0.39, 0.29) is 6.04 Å². The zero-order chi connectivity index (χ0) is 13.9. The van der Waals surface area contributed by atoms with Gasteiger partial charge in [0.15, 0.2) is 0 Å². The van der Waals surface area contributed by atoms with E-state index in [4.69, 9.17) is 5.84 Å². The molecule has 0 spiro atoms. The minimum atomic E-state index is 0.0990. The van der Waals surface area contributed by atoms with Crippen molar-refractivity contribution in [2.24, 2.45) is 5.84 Å². The van der Waals surface area contributed by atoms with Crippen molar-refractivity contribution in [2.45, 2.75) is 38.6 Å². The molecule has 1 atom stereocenters. The van der Waals surface area contributed by atoms with Gasteiger partial charge in [-0.2, -0.15) is 0 Å². The average molecular weight is 267 g/mol. The maximum atomic E-state index is 5.87. The second-order valence-electron chi connectivity index (χ2n) is 5.49. The fraction of sp³-hybridized carbons (Fsp3) is 0.353. The number of aryl methyl sites for hydroxylation is 1. The number of nitrogens with one attached hydrogen (secondary N) is 1. The number of nitrogens with zero attached hydrogens (tertiary/aromatic N) is 1. The fourth-order valence-electron chi connectivity index (χ4n) is 3.10. The number of hydrazine groups is 1. The summed E-state index contributed by atoms with van der Waals surface area (Å²) < 4.78 is 0. The van der Waals surface area contributed by atoms with Crippen molar-refractivity contribution in [3.8, 4) is 0 Å². The van der Waals surface area contributed by atoms with Crippen LogP contribution in [0.15, 0.2) is 42.0 Å². The van der Waals surface area contributed by atoms with Crippen LogP contribution in [0.4, 0.5) is 0 Å². The van der Waals surface area contributed by atoms with E-state index < -0.39 is 0 Å². The van der Waals surface area contributed by atoms with Crippen molar-refractivity contribution in [2.75, 3.05) is 0 Å². The highest BCUT2D eigenvalue weighted by Gasteiger charge is 2.19. The third-order valence-corrected chi connectivity index (χ3v) is 4.05. The quantitative estimate of drug-likeness (QED) is 0.508. The maximum absolute atomic E-state index is 5.87. The Bertz CT molecular complexity index is 646. The van der Waals surface area contributed by atoms with Gasteiger partial charge in [-0.1, -0.05) is 29.8 Å². The van der Waals surface area contributed by atoms with Gasteiger partial charge < -0.3 is 0 Å². The Labute approximate surface area is 119 Å². The molecule has 0 amide bonds. The molecule has 1 aromatic heterocycles. The first kappa shape index (κ1) is 13.3. The summed E-state index contributed by atoms with van der Waals surface area (Å²) in [7, 11) is 0. The summed E-state index contributed by atoms with van der Waals surface area (Å²) in [6.07, 6.45) is 7.18. The van der Waals surface area contributed by atoms with Gasteiger partial charge in [0.2, 0.25) is 0 Å². The normalized spacial score (nSPS) is 17.0. The minimum Gasteiger partial charge on any atom is -0.271 e. The summed E-state index contributed by atoms with van der Waals surface area (Å²) in [4.78, 5) is 4.61. The van der Waals surface area contributed by atoms with E-state index in [1.165, 1.54) is 29.4 Å². The second-order valence-corrected chi connectivity index (χ2v) is 5.49. The van der Waals surface area contributed by atoms with Crippen LogP contribution in [0.2, 0.25) is 0 Å². The smallest absolute Gasteiger partial charge is 0.0708 e. The lowest BCUT2D eigenvalue weighted by Gasteiger charge is -2.24. The van der Waals surface area contributed by atoms with Crippen molar-refractivity contribution in [1.82, 2.24) is 10.4 Å². The van der Waals surface area contributed by atoms with Gasteiger partial charge in [0.25, 0.3) is 0 Å². The summed E-state index contributed by atoms with van der Waals surface area (Å²) in [6.45, 7) is 2.04. The van der Waals surface area contributed by atoms with Crippen molar-refractivity contribution in [3.05, 3.63) is 53.2 Å². The Balaban J connectivity index is 2.13. The van der Waals surface area contributed by atoms with E-state index in [1.54, 1.807) is 0 Å². The molecule has 0 aliphatic heterocycles. The van der Waals surface area contributed by atoms with Gasteiger partial charge in [-0.15, -0.1) is 0 Å². The predicted octanol–water partition coefficient (Wildman–Crippen LogP) is 3.55. The highest BCUT2D eigenvalue weighted by Crippen LogP contribution is 2.33. The number of hydrogen-bond acceptors (Lipinski definition) is 3. The van der Waals surface area contributed by atoms with Crippen LogP contribution in [-0.2, 0) is 0 Å². The third kappa shape index (κ3) is 2.47. The maximum Gasteiger partial charge on any atom is 0.0708 e. The van der Waals surface area contributed by atoms with Crippen LogP contribution in [0.25, 0.3) is 10.9 Å². The Morgan fingerprint density at radius 3 is 2.85 bits per heavy atom. The molecular weight excluding hydrogens is 246 g/mol. The molecule has 0 fully saturated rings. The minimum absolute atomic E-state index is 0.0990. The average Bonchev–Trinajstić information content (AvgIpc) is 2.49. The van der Waals surface area contributed by atoms with E-state index in [1.807, 2.05) is 13.0 Å². The number of rotatable bonds is 3. The lowest BCUT2D eigenvalue weighted by atomic mass is 9.88. The number of hydrogen-bond donors (Lipinski definition) is 2. The lowest BCUT2D eigenvalue weighted by molar-refractivity contribution is 0.568. The molecule has 3 nitrogen and oxygen atoms in total. The van der Waals surface area contributed by atoms with Gasteiger partial charge in [0.1, 0.15) is 0 Å². The molecule has 1 heterocycles. The first-order valence-electron chi connectivity index (χ1n) is 7.31. The summed E-state index contributed by atoms with van der Waals surface area (Å²) in [6, 6.07) is 10.5. The molecule has 2 aromatic rings. The molecule has 1 aromatic carbocycles. The highest BCUT2D eigenvalue weighted by atomic mass is 15.2. The molecule has 1 aliphatic carbocycles. The zero-order valence-electron chi connectivity index (χ0n) is 11.9. The van der Waals surface area contributed by atoms with Crippen LogP contribution in [0.1, 0.15) is 43.0 Å². The molecule has 0 saturated carbocycles. The van der Waals surface area contributed by atoms with Crippen LogP contribution in [0, 0.1) is 6.92 Å². The SMILES string of the molecule is Cc1cc(C(NN)C2=CCCCC2)c2ccccc2n1. The Hall–Kier alpha value is -1.71. The number of fused-ring (bicyclic) bond motifs is 1. The Kier molecular flexibility index (Phi) is 3.81. The van der Waals surface area contributed by atoms with Gasteiger partial charge in [-0.25, -0.2) is 5.43 Å². The van der Waals surface area contributed by atoms with Crippen molar-refractivity contribution < 1.29 is 0 Å². The van der Waals surface area contributed by atoms with Crippen molar-refractivity contribution in [1.29, 1.82) is 0 Å². The van der Waals surface area contributed by atoms with E-state index in [9.17, 15) is 0 Å². The summed E-state index contributed by atoms with van der Waals surface area (Å²) in [5.41, 5.74) is 7.74. The molecule has 0 saturated heterocycles. The van der Waals surface area contributed by atoms with Crippen LogP contribution in [0.3, 0.4) is 0 Å². The number of para-hydroxylation sites is 1. The summed E-state index contributed by atoms with van der Waals surface area (Å²) in [5.74, 6) is 5.87. The molecule has 104 valence electrons. The third-order valence-electron chi connectivity index (χ3n) is 4.05. The molecule has 3 N–H and O–H groups in total. The van der Waals surface area contributed by atoms with E-state index in [0.717, 1.165) is 24.1 Å². The fourth-order valence-corrected chi connectivity index (χ4v) is 3.10. The predicted molar refractivity (Wildman–Crippen MR) is 83.1 cm³/mol. The first-order chi connectivity index (χ1) is 9.79. The molecular formula is C17H21N3. The Morgan fingerprint density at radius 2 is 2.10 bits per heavy atom. The largest absolute Gasteiger partial charge is 0.271 e. The van der Waals surface area contributed by atoms with E-state index >= 15 is 0 Å². The lowest BCUT2D eigenvalue weighted by Crippen LogP contribution is -2.30. The van der Waals surface area contributed by atoms with Crippen LogP contribution < -0.4 is 11.3 Å². The first-order valence-corrected chi connectivity index (χ1v) is 7.31. The molecule has 20 heavy (non-hydrogen) atoms. The van der Waals surface area contributed by atoms with Gasteiger partial charge in [0, 0.05) is 11.1 Å². The number of allylic oxidation sites excluding steroid dienone is 1. The molecule has 0 radical (unpaired) electrons. The standard InChI is InChI=1S/C17H21N3/c1-12-11-15(14-9-5-6-10-16(14)19-12)17(20-18)13-7-3-2-4-8-13/h5-7,9-11,17,20H,2-4,8,18H2,1H3. The van der Waals surface area contributed by atoms with Crippen molar-refractivity contribution >= 4 is 10.9 Å². The van der Waals surface area contributed by atoms with Crippen molar-refractivity contribution in [3.63, 3.8) is 0 Å². The monoisotopic (exact) mass is 267 g/mol. The van der Waals surface area contributed by atoms with Crippen LogP contribution >= 0.6 is 0 Å². The highest BCUT2D eigenvalue weighted by molar-refractivity contribution is 5.83. The molecule has 3 heteroatoms. The summed E-state index contributed by atoms with van der Waals surface area (Å²) >= 11 is 0. The van der Waals surface area contributed by atoms with Gasteiger partial charge in [-0.05, 0) is 50.3 Å². The number of aromatic nitrogens is 1. The Morgan fingerprint density at radius 1 is 1.25 bits per heavy atom. The molecule has 1 unspecified atom stereocenters. The van der Waals surface area contributed by atoms with Gasteiger partial charge >= 0.3 is 0 Å². The zero-order valence-corrected chi connectivity index (χ0v) is 11.9. The molecule has 3 rings (SSSR count). The van der Waals surface area contributed by atoms with E-state index in [2.05, 4.69) is 40.8 Å². The topological polar surface area (TPSA) is 50.9 Å². The number of pyridine rings is 1. The second kappa shape index (κ2) is 5.73. The number of benzene rings is 1. The molecule has 0 bridgehead atoms. The van der Waals surface area contributed by atoms with E-state index in [0.29, 0.717) is 0 Å². The van der Waals surface area contributed by atoms with Crippen LogP contribution in [0.5, 0.6) is 0 Å².